The summed E-state index contributed by atoms with van der Waals surface area (Å²) in [6.07, 6.45) is 0. The Bertz CT molecular complexity index is 788. The van der Waals surface area contributed by atoms with Gasteiger partial charge in [0.1, 0.15) is 0 Å². The summed E-state index contributed by atoms with van der Waals surface area (Å²) in [5.41, 5.74) is 1.23. The van der Waals surface area contributed by atoms with Gasteiger partial charge in [0.15, 0.2) is 11.5 Å². The molecule has 0 aliphatic heterocycles. The Morgan fingerprint density at radius 2 is 1.65 bits per heavy atom. The summed E-state index contributed by atoms with van der Waals surface area (Å²) in [5.74, 6) is -0.125. The summed E-state index contributed by atoms with van der Waals surface area (Å²) >= 11 is 0. The highest BCUT2D eigenvalue weighted by Gasteiger charge is 2.15. The molecule has 1 amide bonds. The lowest BCUT2D eigenvalue weighted by atomic mass is 10.1. The topological polar surface area (TPSA) is 84.9 Å². The second-order valence-corrected chi connectivity index (χ2v) is 5.65. The average Bonchev–Trinajstić information content (AvgIpc) is 2.63. The zero-order valence-corrected chi connectivity index (χ0v) is 15.1. The zero-order valence-electron chi connectivity index (χ0n) is 15.1. The number of amides is 1. The smallest absolute Gasteiger partial charge is 0.335 e. The maximum Gasteiger partial charge on any atom is 0.335 e. The van der Waals surface area contributed by atoms with E-state index in [9.17, 15) is 9.59 Å². The van der Waals surface area contributed by atoms with E-state index in [1.54, 1.807) is 12.1 Å². The molecule has 1 atom stereocenters. The number of benzene rings is 2. The van der Waals surface area contributed by atoms with Crippen LogP contribution in [0.1, 0.15) is 53.1 Å². The second kappa shape index (κ2) is 8.89. The van der Waals surface area contributed by atoms with Gasteiger partial charge in [0.2, 0.25) is 0 Å². The van der Waals surface area contributed by atoms with Gasteiger partial charge in [0.25, 0.3) is 5.91 Å². The maximum absolute atomic E-state index is 12.4. The van der Waals surface area contributed by atoms with Gasteiger partial charge in [-0.2, -0.15) is 0 Å². The van der Waals surface area contributed by atoms with Gasteiger partial charge in [-0.3, -0.25) is 4.79 Å². The largest absolute Gasteiger partial charge is 0.490 e. The molecule has 2 rings (SSSR count). The van der Waals surface area contributed by atoms with E-state index >= 15 is 0 Å². The van der Waals surface area contributed by atoms with Crippen molar-refractivity contribution >= 4 is 11.9 Å². The second-order valence-electron chi connectivity index (χ2n) is 5.65. The molecular weight excluding hydrogens is 334 g/mol. The third kappa shape index (κ3) is 4.75. The van der Waals surface area contributed by atoms with Gasteiger partial charge in [-0.1, -0.05) is 12.1 Å². The number of hydrogen-bond donors (Lipinski definition) is 2. The van der Waals surface area contributed by atoms with Crippen LogP contribution in [0.2, 0.25) is 0 Å². The molecule has 138 valence electrons. The lowest BCUT2D eigenvalue weighted by molar-refractivity contribution is 0.0697. The molecular formula is C20H23NO5. The van der Waals surface area contributed by atoms with Crippen molar-refractivity contribution in [2.24, 2.45) is 0 Å². The fourth-order valence-corrected chi connectivity index (χ4v) is 2.49. The van der Waals surface area contributed by atoms with E-state index in [-0.39, 0.29) is 17.5 Å². The molecule has 0 spiro atoms. The number of ether oxygens (including phenoxy) is 2. The molecule has 0 bridgehead atoms. The Hall–Kier alpha value is -3.02. The molecule has 26 heavy (non-hydrogen) atoms. The van der Waals surface area contributed by atoms with Gasteiger partial charge in [-0.05, 0) is 56.7 Å². The summed E-state index contributed by atoms with van der Waals surface area (Å²) < 4.78 is 11.2. The third-order valence-electron chi connectivity index (χ3n) is 3.79. The van der Waals surface area contributed by atoms with Crippen molar-refractivity contribution in [3.05, 3.63) is 59.2 Å². The minimum absolute atomic E-state index is 0.0741. The quantitative estimate of drug-likeness (QED) is 0.753. The molecule has 0 saturated carbocycles. The molecule has 0 fully saturated rings. The van der Waals surface area contributed by atoms with E-state index in [0.29, 0.717) is 30.3 Å². The molecule has 0 saturated heterocycles. The first-order chi connectivity index (χ1) is 12.5. The molecule has 0 radical (unpaired) electrons. The minimum atomic E-state index is -1.07. The van der Waals surface area contributed by atoms with Crippen LogP contribution < -0.4 is 14.8 Å². The zero-order chi connectivity index (χ0) is 19.1. The fourth-order valence-electron chi connectivity index (χ4n) is 2.49. The molecule has 1 unspecified atom stereocenters. The normalized spacial score (nSPS) is 11.5. The van der Waals surface area contributed by atoms with Crippen LogP contribution in [0.25, 0.3) is 0 Å². The van der Waals surface area contributed by atoms with Crippen LogP contribution in [0.3, 0.4) is 0 Å². The van der Waals surface area contributed by atoms with Crippen molar-refractivity contribution in [3.8, 4) is 11.5 Å². The average molecular weight is 357 g/mol. The molecule has 6 heteroatoms. The molecule has 2 N–H and O–H groups in total. The standard InChI is InChI=1S/C20H23NO5/c1-4-25-17-10-9-14(12-18(17)26-5-2)13(3)21-19(22)15-7-6-8-16(11-15)20(23)24/h6-13H,4-5H2,1-3H3,(H,21,22)(H,23,24). The van der Waals surface area contributed by atoms with Gasteiger partial charge < -0.3 is 19.9 Å². The fraction of sp³-hybridized carbons (Fsp3) is 0.300. The lowest BCUT2D eigenvalue weighted by Gasteiger charge is -2.17. The third-order valence-corrected chi connectivity index (χ3v) is 3.79. The Morgan fingerprint density at radius 1 is 1.00 bits per heavy atom. The van der Waals surface area contributed by atoms with Crippen molar-refractivity contribution in [1.29, 1.82) is 0 Å². The van der Waals surface area contributed by atoms with Gasteiger partial charge in [-0.15, -0.1) is 0 Å². The van der Waals surface area contributed by atoms with Crippen LogP contribution in [-0.2, 0) is 0 Å². The number of hydrogen-bond acceptors (Lipinski definition) is 4. The number of carboxylic acids is 1. The van der Waals surface area contributed by atoms with Crippen LogP contribution in [0, 0.1) is 0 Å². The molecule has 0 heterocycles. The van der Waals surface area contributed by atoms with Crippen LogP contribution in [0.4, 0.5) is 0 Å². The van der Waals surface area contributed by atoms with E-state index < -0.39 is 5.97 Å². The summed E-state index contributed by atoms with van der Waals surface area (Å²) in [7, 11) is 0. The van der Waals surface area contributed by atoms with Crippen LogP contribution in [0.5, 0.6) is 11.5 Å². The van der Waals surface area contributed by atoms with Crippen molar-refractivity contribution in [1.82, 2.24) is 5.32 Å². The first kappa shape index (κ1) is 19.3. The van der Waals surface area contributed by atoms with Gasteiger partial charge in [0, 0.05) is 5.56 Å². The number of rotatable bonds is 8. The van der Waals surface area contributed by atoms with Crippen molar-refractivity contribution in [3.63, 3.8) is 0 Å². The van der Waals surface area contributed by atoms with Gasteiger partial charge in [0.05, 0.1) is 24.8 Å². The lowest BCUT2D eigenvalue weighted by Crippen LogP contribution is -2.26. The van der Waals surface area contributed by atoms with E-state index in [4.69, 9.17) is 14.6 Å². The van der Waals surface area contributed by atoms with Gasteiger partial charge in [-0.25, -0.2) is 4.79 Å². The monoisotopic (exact) mass is 357 g/mol. The molecule has 0 aliphatic carbocycles. The minimum Gasteiger partial charge on any atom is -0.490 e. The predicted molar refractivity (Wildman–Crippen MR) is 98.1 cm³/mol. The SMILES string of the molecule is CCOc1ccc(C(C)NC(=O)c2cccc(C(=O)O)c2)cc1OCC. The van der Waals surface area contributed by atoms with Crippen LogP contribution >= 0.6 is 0 Å². The highest BCUT2D eigenvalue weighted by Crippen LogP contribution is 2.30. The summed E-state index contributed by atoms with van der Waals surface area (Å²) in [6.45, 7) is 6.68. The van der Waals surface area contributed by atoms with Gasteiger partial charge >= 0.3 is 5.97 Å². The summed E-state index contributed by atoms with van der Waals surface area (Å²) in [5, 5.41) is 11.9. The molecule has 0 aliphatic rings. The Balaban J connectivity index is 2.17. The number of carbonyl (C=O) groups excluding carboxylic acids is 1. The maximum atomic E-state index is 12.4. The predicted octanol–water partition coefficient (Wildman–Crippen LogP) is 3.67. The van der Waals surface area contributed by atoms with Crippen LogP contribution in [0.15, 0.2) is 42.5 Å². The number of nitrogens with one attached hydrogen (secondary N) is 1. The number of carboxylic acid groups (broad SMARTS) is 1. The number of carbonyl (C=O) groups is 2. The van der Waals surface area contributed by atoms with Crippen LogP contribution in [-0.4, -0.2) is 30.2 Å². The Morgan fingerprint density at radius 3 is 2.31 bits per heavy atom. The van der Waals surface area contributed by atoms with Crippen molar-refractivity contribution < 1.29 is 24.2 Å². The van der Waals surface area contributed by atoms with Crippen molar-refractivity contribution in [2.75, 3.05) is 13.2 Å². The van der Waals surface area contributed by atoms with E-state index in [0.717, 1.165) is 5.56 Å². The first-order valence-corrected chi connectivity index (χ1v) is 8.50. The first-order valence-electron chi connectivity index (χ1n) is 8.50. The van der Waals surface area contributed by atoms with Crippen molar-refractivity contribution in [2.45, 2.75) is 26.8 Å². The Labute approximate surface area is 152 Å². The van der Waals surface area contributed by atoms with E-state index in [2.05, 4.69) is 5.32 Å². The highest BCUT2D eigenvalue weighted by molar-refractivity contribution is 5.97. The van der Waals surface area contributed by atoms with E-state index in [1.165, 1.54) is 12.1 Å². The van der Waals surface area contributed by atoms with E-state index in [1.807, 2.05) is 39.0 Å². The molecule has 2 aromatic carbocycles. The molecule has 2 aromatic rings. The Kier molecular flexibility index (Phi) is 6.60. The highest BCUT2D eigenvalue weighted by atomic mass is 16.5. The summed E-state index contributed by atoms with van der Waals surface area (Å²) in [4.78, 5) is 23.5. The molecule has 6 nitrogen and oxygen atoms in total. The molecule has 0 aromatic heterocycles. The summed E-state index contributed by atoms with van der Waals surface area (Å²) in [6, 6.07) is 11.2. The number of aromatic carboxylic acids is 1.